The van der Waals surface area contributed by atoms with Gasteiger partial charge in [-0.25, -0.2) is 4.39 Å². The maximum absolute atomic E-state index is 14.7. The Hall–Kier alpha value is -2.61. The number of nitrogens with zero attached hydrogens (tertiary/aromatic N) is 1. The first-order chi connectivity index (χ1) is 11.9. The molecule has 0 aliphatic carbocycles. The van der Waals surface area contributed by atoms with E-state index in [0.717, 1.165) is 0 Å². The second-order valence-electron chi connectivity index (χ2n) is 5.53. The minimum atomic E-state index is -0.546. The zero-order chi connectivity index (χ0) is 18.1. The quantitative estimate of drug-likeness (QED) is 0.660. The molecule has 0 aliphatic heterocycles. The third-order valence-corrected chi connectivity index (χ3v) is 4.17. The van der Waals surface area contributed by atoms with Crippen molar-refractivity contribution in [1.29, 1.82) is 5.26 Å². The molecule has 0 fully saturated rings. The highest BCUT2D eigenvalue weighted by Crippen LogP contribution is 2.31. The van der Waals surface area contributed by atoms with Gasteiger partial charge in [0.25, 0.3) is 5.56 Å². The first-order valence-electron chi connectivity index (χ1n) is 7.29. The lowest BCUT2D eigenvalue weighted by Gasteiger charge is -2.09. The highest BCUT2D eigenvalue weighted by Gasteiger charge is 2.15. The number of nitrogens with one attached hydrogen (secondary N) is 1. The number of aryl methyl sites for hydroxylation is 1. The van der Waals surface area contributed by atoms with Gasteiger partial charge in [-0.15, -0.1) is 0 Å². The molecule has 25 heavy (non-hydrogen) atoms. The van der Waals surface area contributed by atoms with Crippen LogP contribution >= 0.6 is 23.2 Å². The highest BCUT2D eigenvalue weighted by molar-refractivity contribution is 6.35. The van der Waals surface area contributed by atoms with Crippen LogP contribution in [-0.4, -0.2) is 4.98 Å². The Kier molecular flexibility index (Phi) is 4.63. The lowest BCUT2D eigenvalue weighted by atomic mass is 9.97. The SMILES string of the molecule is Cc1cc(-c2ccc(-c3cc(Cl)cc(Cl)c3)cc2F)c(C#N)c(=O)[nH]1. The van der Waals surface area contributed by atoms with Crippen LogP contribution in [0.2, 0.25) is 10.0 Å². The summed E-state index contributed by atoms with van der Waals surface area (Å²) in [7, 11) is 0. The number of nitriles is 1. The van der Waals surface area contributed by atoms with Crippen molar-refractivity contribution in [2.75, 3.05) is 0 Å². The standard InChI is InChI=1S/C19H11Cl2FN2O/c1-10-4-16(17(9-23)19(25)24-10)15-3-2-11(7-18(15)22)12-5-13(20)8-14(21)6-12/h2-8H,1H3,(H,24,25). The van der Waals surface area contributed by atoms with Crippen molar-refractivity contribution in [3.05, 3.63) is 79.9 Å². The number of aromatic nitrogens is 1. The van der Waals surface area contributed by atoms with Crippen LogP contribution in [0.25, 0.3) is 22.3 Å². The molecule has 6 heteroatoms. The molecule has 0 saturated heterocycles. The van der Waals surface area contributed by atoms with Crippen molar-refractivity contribution in [3.8, 4) is 28.3 Å². The highest BCUT2D eigenvalue weighted by atomic mass is 35.5. The Morgan fingerprint density at radius 2 is 1.68 bits per heavy atom. The summed E-state index contributed by atoms with van der Waals surface area (Å²) in [5.74, 6) is -0.546. The molecule has 2 aromatic carbocycles. The van der Waals surface area contributed by atoms with Gasteiger partial charge in [0.05, 0.1) is 0 Å². The molecule has 124 valence electrons. The van der Waals surface area contributed by atoms with Crippen molar-refractivity contribution in [1.82, 2.24) is 4.98 Å². The maximum atomic E-state index is 14.7. The molecule has 0 radical (unpaired) electrons. The normalized spacial score (nSPS) is 10.5. The van der Waals surface area contributed by atoms with Gasteiger partial charge >= 0.3 is 0 Å². The molecule has 0 spiro atoms. The second kappa shape index (κ2) is 6.72. The van der Waals surface area contributed by atoms with Crippen LogP contribution in [0.3, 0.4) is 0 Å². The Bertz CT molecular complexity index is 1060. The fraction of sp³-hybridized carbons (Fsp3) is 0.0526. The van der Waals surface area contributed by atoms with Gasteiger partial charge in [-0.2, -0.15) is 5.26 Å². The van der Waals surface area contributed by atoms with Gasteiger partial charge in [0.15, 0.2) is 0 Å². The van der Waals surface area contributed by atoms with Crippen LogP contribution in [0.1, 0.15) is 11.3 Å². The summed E-state index contributed by atoms with van der Waals surface area (Å²) in [5, 5.41) is 10.1. The third-order valence-electron chi connectivity index (χ3n) is 3.73. The molecule has 3 nitrogen and oxygen atoms in total. The Balaban J connectivity index is 2.16. The predicted molar refractivity (Wildman–Crippen MR) is 97.4 cm³/mol. The number of hydrogen-bond acceptors (Lipinski definition) is 2. The van der Waals surface area contributed by atoms with Crippen molar-refractivity contribution < 1.29 is 4.39 Å². The largest absolute Gasteiger partial charge is 0.325 e. The minimum absolute atomic E-state index is 0.122. The van der Waals surface area contributed by atoms with E-state index < -0.39 is 11.4 Å². The molecule has 3 aromatic rings. The number of hydrogen-bond donors (Lipinski definition) is 1. The topological polar surface area (TPSA) is 56.6 Å². The molecule has 0 unspecified atom stereocenters. The summed E-state index contributed by atoms with van der Waals surface area (Å²) in [4.78, 5) is 14.4. The van der Waals surface area contributed by atoms with Gasteiger partial charge in [-0.1, -0.05) is 35.3 Å². The lowest BCUT2D eigenvalue weighted by molar-refractivity contribution is 0.631. The molecule has 0 amide bonds. The van der Waals surface area contributed by atoms with Gasteiger partial charge in [0, 0.05) is 26.9 Å². The fourth-order valence-corrected chi connectivity index (χ4v) is 3.17. The third kappa shape index (κ3) is 3.43. The van der Waals surface area contributed by atoms with E-state index in [4.69, 9.17) is 23.2 Å². The second-order valence-corrected chi connectivity index (χ2v) is 6.41. The van der Waals surface area contributed by atoms with E-state index in [2.05, 4.69) is 4.98 Å². The van der Waals surface area contributed by atoms with E-state index in [1.54, 1.807) is 37.3 Å². The zero-order valence-corrected chi connectivity index (χ0v) is 14.5. The van der Waals surface area contributed by atoms with Crippen LogP contribution in [0.15, 0.2) is 47.3 Å². The summed E-state index contributed by atoms with van der Waals surface area (Å²) in [5.41, 5.74) is 1.59. The number of H-pyrrole nitrogens is 1. The van der Waals surface area contributed by atoms with Gasteiger partial charge in [0.2, 0.25) is 0 Å². The maximum Gasteiger partial charge on any atom is 0.266 e. The molecule has 0 atom stereocenters. The number of halogens is 3. The molecule has 3 rings (SSSR count). The van der Waals surface area contributed by atoms with Crippen molar-refractivity contribution in [2.45, 2.75) is 6.92 Å². The summed E-state index contributed by atoms with van der Waals surface area (Å²) < 4.78 is 14.7. The van der Waals surface area contributed by atoms with Gasteiger partial charge < -0.3 is 4.98 Å². The molecule has 1 aromatic heterocycles. The van der Waals surface area contributed by atoms with Crippen LogP contribution in [0.5, 0.6) is 0 Å². The van der Waals surface area contributed by atoms with Gasteiger partial charge in [-0.05, 0) is 48.4 Å². The fourth-order valence-electron chi connectivity index (χ4n) is 2.65. The van der Waals surface area contributed by atoms with Crippen LogP contribution < -0.4 is 5.56 Å². The molecular weight excluding hydrogens is 362 g/mol. The minimum Gasteiger partial charge on any atom is -0.325 e. The number of aromatic amines is 1. The average molecular weight is 373 g/mol. The van der Waals surface area contributed by atoms with Crippen LogP contribution in [-0.2, 0) is 0 Å². The first-order valence-corrected chi connectivity index (χ1v) is 8.05. The van der Waals surface area contributed by atoms with E-state index in [0.29, 0.717) is 26.9 Å². The van der Waals surface area contributed by atoms with E-state index in [9.17, 15) is 14.4 Å². The van der Waals surface area contributed by atoms with Crippen LogP contribution in [0, 0.1) is 24.1 Å². The zero-order valence-electron chi connectivity index (χ0n) is 13.0. The Morgan fingerprint density at radius 1 is 1.00 bits per heavy atom. The first kappa shape index (κ1) is 17.2. The summed E-state index contributed by atoms with van der Waals surface area (Å²) in [6.07, 6.45) is 0. The molecule has 0 saturated carbocycles. The average Bonchev–Trinajstić information content (AvgIpc) is 2.53. The van der Waals surface area contributed by atoms with Crippen molar-refractivity contribution in [2.24, 2.45) is 0 Å². The van der Waals surface area contributed by atoms with E-state index >= 15 is 0 Å². The number of rotatable bonds is 2. The van der Waals surface area contributed by atoms with Crippen molar-refractivity contribution in [3.63, 3.8) is 0 Å². The van der Waals surface area contributed by atoms with E-state index in [1.165, 1.54) is 12.1 Å². The molecule has 0 bridgehead atoms. The molecule has 0 aliphatic rings. The summed E-state index contributed by atoms with van der Waals surface area (Å²) >= 11 is 12.0. The Labute approximate surface area is 153 Å². The molecule has 1 heterocycles. The molecular formula is C19H11Cl2FN2O. The smallest absolute Gasteiger partial charge is 0.266 e. The van der Waals surface area contributed by atoms with Gasteiger partial charge in [-0.3, -0.25) is 4.79 Å². The van der Waals surface area contributed by atoms with Gasteiger partial charge in [0.1, 0.15) is 17.4 Å². The van der Waals surface area contributed by atoms with Crippen LogP contribution in [0.4, 0.5) is 4.39 Å². The Morgan fingerprint density at radius 3 is 2.28 bits per heavy atom. The van der Waals surface area contributed by atoms with Crippen molar-refractivity contribution >= 4 is 23.2 Å². The van der Waals surface area contributed by atoms with E-state index in [1.807, 2.05) is 6.07 Å². The number of pyridine rings is 1. The molecule has 1 N–H and O–H groups in total. The summed E-state index contributed by atoms with van der Waals surface area (Å²) in [6, 6.07) is 12.9. The summed E-state index contributed by atoms with van der Waals surface area (Å²) in [6.45, 7) is 1.67. The van der Waals surface area contributed by atoms with E-state index in [-0.39, 0.29) is 16.7 Å². The predicted octanol–water partition coefficient (Wildman–Crippen LogP) is 5.33. The monoisotopic (exact) mass is 372 g/mol. The lowest BCUT2D eigenvalue weighted by Crippen LogP contribution is -2.13. The number of benzene rings is 2.